The topological polar surface area (TPSA) is 115 Å². The van der Waals surface area contributed by atoms with E-state index in [9.17, 15) is 20.2 Å². The van der Waals surface area contributed by atoms with E-state index >= 15 is 0 Å². The number of nitro groups is 2. The van der Waals surface area contributed by atoms with E-state index in [1.54, 1.807) is 24.3 Å². The van der Waals surface area contributed by atoms with Gasteiger partial charge in [-0.15, -0.1) is 0 Å². The molecular formula is C20H17BrClN5O4. The van der Waals surface area contributed by atoms with Crippen molar-refractivity contribution in [3.8, 4) is 0 Å². The van der Waals surface area contributed by atoms with Crippen LogP contribution in [0.4, 0.5) is 17.1 Å². The van der Waals surface area contributed by atoms with Crippen LogP contribution in [0.1, 0.15) is 11.3 Å². The van der Waals surface area contributed by atoms with Crippen molar-refractivity contribution in [1.82, 2.24) is 0 Å². The highest BCUT2D eigenvalue weighted by atomic mass is 79.9. The van der Waals surface area contributed by atoms with Gasteiger partial charge in [0.25, 0.3) is 5.69 Å². The molecule has 0 atom stereocenters. The van der Waals surface area contributed by atoms with Crippen molar-refractivity contribution in [3.05, 3.63) is 103 Å². The number of halogens is 2. The van der Waals surface area contributed by atoms with Crippen molar-refractivity contribution in [3.63, 3.8) is 0 Å². The molecule has 0 aliphatic heterocycles. The van der Waals surface area contributed by atoms with Crippen LogP contribution in [0.3, 0.4) is 0 Å². The highest BCUT2D eigenvalue weighted by Gasteiger charge is 2.20. The van der Waals surface area contributed by atoms with Gasteiger partial charge in [0.15, 0.2) is 18.4 Å². The minimum absolute atomic E-state index is 0. The third-order valence-corrected chi connectivity index (χ3v) is 4.62. The average molecular weight is 507 g/mol. The molecule has 160 valence electrons. The monoisotopic (exact) mass is 505 g/mol. The minimum atomic E-state index is -0.692. The number of nitrogens with one attached hydrogen (secondary N) is 1. The fourth-order valence-electron chi connectivity index (χ4n) is 2.74. The normalized spacial score (nSPS) is 10.8. The van der Waals surface area contributed by atoms with Crippen LogP contribution in [0.2, 0.25) is 5.02 Å². The van der Waals surface area contributed by atoms with Gasteiger partial charge in [-0.1, -0.05) is 29.8 Å². The predicted molar refractivity (Wildman–Crippen MR) is 113 cm³/mol. The zero-order chi connectivity index (χ0) is 21.7. The zero-order valence-electron chi connectivity index (χ0n) is 16.2. The quantitative estimate of drug-likeness (QED) is 0.224. The van der Waals surface area contributed by atoms with Gasteiger partial charge in [-0.25, -0.2) is 0 Å². The van der Waals surface area contributed by atoms with Crippen LogP contribution in [0.25, 0.3) is 0 Å². The fourth-order valence-corrected chi connectivity index (χ4v) is 2.87. The SMILES string of the molecule is Cc1cccc[n+]1C/C(=N/Nc1ccc([N+](=O)[O-])cc1[N+](=O)[O-])c1ccc(Cl)cc1.[Br-]. The summed E-state index contributed by atoms with van der Waals surface area (Å²) in [6, 6.07) is 16.2. The molecule has 0 saturated heterocycles. The molecule has 3 rings (SSSR count). The Morgan fingerprint density at radius 2 is 1.77 bits per heavy atom. The van der Waals surface area contributed by atoms with Crippen molar-refractivity contribution >= 4 is 34.4 Å². The Kier molecular flexibility index (Phi) is 8.17. The van der Waals surface area contributed by atoms with E-state index in [1.807, 2.05) is 35.9 Å². The molecule has 3 aromatic rings. The molecule has 1 aromatic heterocycles. The Morgan fingerprint density at radius 1 is 1.06 bits per heavy atom. The standard InChI is InChI=1S/C20H17ClN5O4.BrH/c1-14-4-2-3-11-24(14)13-19(15-5-7-16(21)8-6-15)23-22-18-10-9-17(25(27)28)12-20(18)26(29)30;/h2-12,22H,13H2,1H3;1H/q+1;/p-1/b23-19-;. The first-order chi connectivity index (χ1) is 14.3. The summed E-state index contributed by atoms with van der Waals surface area (Å²) in [6.45, 7) is 2.34. The smallest absolute Gasteiger partial charge is 0.301 e. The van der Waals surface area contributed by atoms with Crippen molar-refractivity contribution in [2.24, 2.45) is 5.10 Å². The van der Waals surface area contributed by atoms with Crippen LogP contribution in [0.5, 0.6) is 0 Å². The lowest BCUT2D eigenvalue weighted by atomic mass is 10.1. The second-order valence-corrected chi connectivity index (χ2v) is 6.80. The van der Waals surface area contributed by atoms with Gasteiger partial charge in [-0.3, -0.25) is 25.7 Å². The zero-order valence-corrected chi connectivity index (χ0v) is 18.6. The second kappa shape index (κ2) is 10.6. The summed E-state index contributed by atoms with van der Waals surface area (Å²) in [5, 5.41) is 27.2. The molecule has 2 aromatic carbocycles. The van der Waals surface area contributed by atoms with Gasteiger partial charge in [0, 0.05) is 35.7 Å². The average Bonchev–Trinajstić information content (AvgIpc) is 2.73. The first kappa shape index (κ1) is 23.9. The Balaban J connectivity index is 0.00000341. The highest BCUT2D eigenvalue weighted by Crippen LogP contribution is 2.29. The molecule has 11 heteroatoms. The molecular weight excluding hydrogens is 490 g/mol. The molecule has 1 N–H and O–H groups in total. The lowest BCUT2D eigenvalue weighted by Crippen LogP contribution is -3.00. The Labute approximate surface area is 193 Å². The van der Waals surface area contributed by atoms with Crippen LogP contribution in [-0.2, 0) is 6.54 Å². The summed E-state index contributed by atoms with van der Waals surface area (Å²) in [6.07, 6.45) is 1.90. The van der Waals surface area contributed by atoms with Crippen LogP contribution in [0, 0.1) is 27.2 Å². The van der Waals surface area contributed by atoms with Gasteiger partial charge in [0.05, 0.1) is 15.9 Å². The predicted octanol–water partition coefficient (Wildman–Crippen LogP) is 1.27. The molecule has 0 spiro atoms. The lowest BCUT2D eigenvalue weighted by molar-refractivity contribution is -0.687. The van der Waals surface area contributed by atoms with E-state index in [4.69, 9.17) is 11.6 Å². The van der Waals surface area contributed by atoms with Gasteiger partial charge < -0.3 is 17.0 Å². The van der Waals surface area contributed by atoms with Crippen LogP contribution < -0.4 is 27.0 Å². The van der Waals surface area contributed by atoms with Crippen molar-refractivity contribution < 1.29 is 31.4 Å². The molecule has 0 amide bonds. The number of non-ortho nitro benzene ring substituents is 1. The molecule has 0 unspecified atom stereocenters. The lowest BCUT2D eigenvalue weighted by Gasteiger charge is -2.08. The van der Waals surface area contributed by atoms with Crippen LogP contribution in [-0.4, -0.2) is 15.6 Å². The first-order valence-corrected chi connectivity index (χ1v) is 9.19. The molecule has 0 aliphatic rings. The number of rotatable bonds is 7. The summed E-state index contributed by atoms with van der Waals surface area (Å²) in [5.41, 5.74) is 4.30. The molecule has 0 radical (unpaired) electrons. The van der Waals surface area contributed by atoms with Crippen LogP contribution in [0.15, 0.2) is 72.0 Å². The van der Waals surface area contributed by atoms with E-state index in [0.717, 1.165) is 17.3 Å². The largest absolute Gasteiger partial charge is 1.00 e. The highest BCUT2D eigenvalue weighted by molar-refractivity contribution is 6.30. The molecule has 0 aliphatic carbocycles. The third-order valence-electron chi connectivity index (χ3n) is 4.37. The number of hydrogen-bond acceptors (Lipinski definition) is 6. The molecule has 0 saturated carbocycles. The Bertz CT molecular complexity index is 1140. The van der Waals surface area contributed by atoms with Crippen molar-refractivity contribution in [2.75, 3.05) is 5.43 Å². The van der Waals surface area contributed by atoms with E-state index in [0.29, 0.717) is 17.3 Å². The first-order valence-electron chi connectivity index (χ1n) is 8.81. The molecule has 0 bridgehead atoms. The summed E-state index contributed by atoms with van der Waals surface area (Å²) in [5.74, 6) is 0. The Morgan fingerprint density at radius 3 is 2.39 bits per heavy atom. The molecule has 0 fully saturated rings. The number of pyridine rings is 1. The van der Waals surface area contributed by atoms with Gasteiger partial charge in [0.2, 0.25) is 0 Å². The van der Waals surface area contributed by atoms with E-state index in [2.05, 4.69) is 10.5 Å². The number of nitro benzene ring substituents is 2. The number of hydrazone groups is 1. The number of aromatic nitrogens is 1. The number of benzene rings is 2. The summed E-state index contributed by atoms with van der Waals surface area (Å²) < 4.78 is 1.97. The molecule has 1 heterocycles. The van der Waals surface area contributed by atoms with Crippen molar-refractivity contribution in [2.45, 2.75) is 13.5 Å². The minimum Gasteiger partial charge on any atom is -1.00 e. The third kappa shape index (κ3) is 6.06. The maximum absolute atomic E-state index is 11.4. The Hall–Kier alpha value is -3.37. The van der Waals surface area contributed by atoms with Gasteiger partial charge >= 0.3 is 5.69 Å². The van der Waals surface area contributed by atoms with Gasteiger partial charge in [0.1, 0.15) is 11.4 Å². The number of aryl methyl sites for hydroxylation is 1. The van der Waals surface area contributed by atoms with Gasteiger partial charge in [-0.05, 0) is 18.2 Å². The number of anilines is 1. The van der Waals surface area contributed by atoms with E-state index < -0.39 is 15.5 Å². The summed E-state index contributed by atoms with van der Waals surface area (Å²) in [7, 11) is 0. The number of hydrogen-bond donors (Lipinski definition) is 1. The van der Waals surface area contributed by atoms with Gasteiger partial charge in [-0.2, -0.15) is 9.67 Å². The molecule has 31 heavy (non-hydrogen) atoms. The summed E-state index contributed by atoms with van der Waals surface area (Å²) in [4.78, 5) is 20.9. The van der Waals surface area contributed by atoms with E-state index in [1.165, 1.54) is 12.1 Å². The second-order valence-electron chi connectivity index (χ2n) is 6.36. The fraction of sp³-hybridized carbons (Fsp3) is 0.100. The maximum atomic E-state index is 11.4. The van der Waals surface area contributed by atoms with E-state index in [-0.39, 0.29) is 28.4 Å². The van der Waals surface area contributed by atoms with Crippen molar-refractivity contribution in [1.29, 1.82) is 0 Å². The van der Waals surface area contributed by atoms with Crippen LogP contribution >= 0.6 is 11.6 Å². The maximum Gasteiger partial charge on any atom is 0.301 e. The summed E-state index contributed by atoms with van der Waals surface area (Å²) >= 11 is 5.98. The number of nitrogens with zero attached hydrogens (tertiary/aromatic N) is 4. The molecule has 9 nitrogen and oxygen atoms in total.